The SMILES string of the molecule is Cc1ccn(-c2cc(Cl)c(F)c(C(=O)NNS(=O)(=O)CC3CCOCC3)c2)n1. The monoisotopic (exact) mass is 430 g/mol. The standard InChI is InChI=1S/C17H20ClFN4O4S/c1-11-2-5-23(21-11)13-8-14(16(19)15(18)9-13)17(24)20-22-28(25,26)10-12-3-6-27-7-4-12/h2,5,8-9,12,22H,3-4,6-7,10H2,1H3,(H,20,24). The van der Waals surface area contributed by atoms with E-state index >= 15 is 0 Å². The Kier molecular flexibility index (Phi) is 6.33. The minimum Gasteiger partial charge on any atom is -0.381 e. The van der Waals surface area contributed by atoms with Crippen LogP contribution in [0.25, 0.3) is 5.69 Å². The largest absolute Gasteiger partial charge is 0.381 e. The lowest BCUT2D eigenvalue weighted by Crippen LogP contribution is -2.44. The van der Waals surface area contributed by atoms with Crippen LogP contribution in [0.2, 0.25) is 5.02 Å². The molecule has 1 amide bonds. The number of aromatic nitrogens is 2. The molecule has 0 unspecified atom stereocenters. The fraction of sp³-hybridized carbons (Fsp3) is 0.412. The van der Waals surface area contributed by atoms with Crippen molar-refractivity contribution in [2.24, 2.45) is 5.92 Å². The molecule has 2 N–H and O–H groups in total. The third-order valence-electron chi connectivity index (χ3n) is 4.36. The third kappa shape index (κ3) is 5.07. The van der Waals surface area contributed by atoms with E-state index in [2.05, 4.69) is 5.10 Å². The van der Waals surface area contributed by atoms with Crippen LogP contribution in [-0.2, 0) is 14.8 Å². The minimum atomic E-state index is -3.78. The number of hydrazine groups is 1. The lowest BCUT2D eigenvalue weighted by Gasteiger charge is -2.21. The van der Waals surface area contributed by atoms with Crippen LogP contribution in [0.15, 0.2) is 24.4 Å². The molecule has 1 saturated heterocycles. The maximum Gasteiger partial charge on any atom is 0.269 e. The maximum absolute atomic E-state index is 14.3. The Labute approximate surface area is 167 Å². The number of carbonyl (C=O) groups excluding carboxylic acids is 1. The number of ether oxygens (including phenoxy) is 1. The van der Waals surface area contributed by atoms with E-state index in [0.29, 0.717) is 31.7 Å². The molecule has 2 heterocycles. The summed E-state index contributed by atoms with van der Waals surface area (Å²) in [4.78, 5) is 14.4. The van der Waals surface area contributed by atoms with Crippen molar-refractivity contribution in [3.63, 3.8) is 0 Å². The van der Waals surface area contributed by atoms with Gasteiger partial charge in [-0.3, -0.25) is 10.2 Å². The van der Waals surface area contributed by atoms with Crippen LogP contribution in [0, 0.1) is 18.7 Å². The highest BCUT2D eigenvalue weighted by Gasteiger charge is 2.23. The molecule has 1 fully saturated rings. The molecule has 8 nitrogen and oxygen atoms in total. The van der Waals surface area contributed by atoms with Gasteiger partial charge in [0.1, 0.15) is 0 Å². The summed E-state index contributed by atoms with van der Waals surface area (Å²) in [5.74, 6) is -2.11. The van der Waals surface area contributed by atoms with Gasteiger partial charge in [0.05, 0.1) is 27.7 Å². The Morgan fingerprint density at radius 2 is 2.11 bits per heavy atom. The van der Waals surface area contributed by atoms with Gasteiger partial charge in [-0.15, -0.1) is 4.83 Å². The predicted molar refractivity (Wildman–Crippen MR) is 101 cm³/mol. The van der Waals surface area contributed by atoms with Gasteiger partial charge in [0.2, 0.25) is 10.0 Å². The summed E-state index contributed by atoms with van der Waals surface area (Å²) < 4.78 is 45.3. The van der Waals surface area contributed by atoms with Gasteiger partial charge in [0.25, 0.3) is 5.91 Å². The van der Waals surface area contributed by atoms with Gasteiger partial charge in [-0.2, -0.15) is 5.10 Å². The molecule has 0 spiro atoms. The molecule has 28 heavy (non-hydrogen) atoms. The number of benzene rings is 1. The Morgan fingerprint density at radius 3 is 2.75 bits per heavy atom. The van der Waals surface area contributed by atoms with Crippen molar-refractivity contribution in [3.05, 3.63) is 46.5 Å². The molecule has 1 aliphatic rings. The average Bonchev–Trinajstić information content (AvgIpc) is 3.09. The highest BCUT2D eigenvalue weighted by atomic mass is 35.5. The summed E-state index contributed by atoms with van der Waals surface area (Å²) in [7, 11) is -3.78. The normalized spacial score (nSPS) is 15.5. The number of nitrogens with zero attached hydrogens (tertiary/aromatic N) is 2. The summed E-state index contributed by atoms with van der Waals surface area (Å²) in [6.07, 6.45) is 2.89. The van der Waals surface area contributed by atoms with Crippen LogP contribution in [0.5, 0.6) is 0 Å². The van der Waals surface area contributed by atoms with Crippen LogP contribution in [0.1, 0.15) is 28.9 Å². The molecular formula is C17H20ClFN4O4S. The van der Waals surface area contributed by atoms with Gasteiger partial charge in [0.15, 0.2) is 5.82 Å². The lowest BCUT2D eigenvalue weighted by molar-refractivity contribution is 0.0722. The number of carbonyl (C=O) groups is 1. The smallest absolute Gasteiger partial charge is 0.269 e. The van der Waals surface area contributed by atoms with Gasteiger partial charge in [-0.05, 0) is 43.9 Å². The highest BCUT2D eigenvalue weighted by molar-refractivity contribution is 7.89. The van der Waals surface area contributed by atoms with Gasteiger partial charge in [0, 0.05) is 19.4 Å². The first-order valence-electron chi connectivity index (χ1n) is 8.64. The molecule has 0 radical (unpaired) electrons. The first-order chi connectivity index (χ1) is 13.2. The molecular weight excluding hydrogens is 411 g/mol. The summed E-state index contributed by atoms with van der Waals surface area (Å²) in [6.45, 7) is 2.80. The van der Waals surface area contributed by atoms with Crippen molar-refractivity contribution in [2.45, 2.75) is 19.8 Å². The summed E-state index contributed by atoms with van der Waals surface area (Å²) in [6, 6.07) is 4.31. The second kappa shape index (κ2) is 8.56. The van der Waals surface area contributed by atoms with E-state index in [0.717, 1.165) is 5.69 Å². The molecule has 152 valence electrons. The molecule has 0 atom stereocenters. The van der Waals surface area contributed by atoms with Crippen molar-refractivity contribution in [1.29, 1.82) is 0 Å². The average molecular weight is 431 g/mol. The van der Waals surface area contributed by atoms with Crippen LogP contribution in [-0.4, -0.2) is 43.1 Å². The Hall–Kier alpha value is -2.01. The fourth-order valence-corrected chi connectivity index (χ4v) is 4.39. The molecule has 11 heteroatoms. The van der Waals surface area contributed by atoms with E-state index in [-0.39, 0.29) is 16.7 Å². The number of aryl methyl sites for hydroxylation is 1. The van der Waals surface area contributed by atoms with Gasteiger partial charge < -0.3 is 4.74 Å². The first-order valence-corrected chi connectivity index (χ1v) is 10.7. The summed E-state index contributed by atoms with van der Waals surface area (Å²) >= 11 is 5.89. The van der Waals surface area contributed by atoms with E-state index in [1.807, 2.05) is 10.3 Å². The fourth-order valence-electron chi connectivity index (χ4n) is 2.89. The van der Waals surface area contributed by atoms with E-state index in [4.69, 9.17) is 16.3 Å². The number of rotatable bonds is 6. The molecule has 0 aliphatic carbocycles. The first kappa shape index (κ1) is 20.7. The van der Waals surface area contributed by atoms with Gasteiger partial charge >= 0.3 is 0 Å². The number of sulfonamides is 1. The zero-order valence-corrected chi connectivity index (χ0v) is 16.7. The van der Waals surface area contributed by atoms with Crippen molar-refractivity contribution in [2.75, 3.05) is 19.0 Å². The van der Waals surface area contributed by atoms with Crippen LogP contribution in [0.3, 0.4) is 0 Å². The zero-order valence-electron chi connectivity index (χ0n) is 15.1. The Morgan fingerprint density at radius 1 is 1.39 bits per heavy atom. The number of hydrogen-bond acceptors (Lipinski definition) is 5. The summed E-state index contributed by atoms with van der Waals surface area (Å²) in [5, 5.41) is 3.91. The van der Waals surface area contributed by atoms with E-state index in [9.17, 15) is 17.6 Å². The minimum absolute atomic E-state index is 0.0549. The Bertz CT molecular complexity index is 974. The highest BCUT2D eigenvalue weighted by Crippen LogP contribution is 2.23. The lowest BCUT2D eigenvalue weighted by atomic mass is 10.0. The molecule has 0 bridgehead atoms. The predicted octanol–water partition coefficient (Wildman–Crippen LogP) is 1.96. The second-order valence-electron chi connectivity index (χ2n) is 6.58. The number of amides is 1. The van der Waals surface area contributed by atoms with E-state index < -0.39 is 27.3 Å². The molecule has 1 aromatic carbocycles. The third-order valence-corrected chi connectivity index (χ3v) is 5.96. The molecule has 3 rings (SSSR count). The van der Waals surface area contributed by atoms with Crippen molar-refractivity contribution >= 4 is 27.5 Å². The molecule has 1 aromatic heterocycles. The van der Waals surface area contributed by atoms with Crippen molar-refractivity contribution < 1.29 is 22.3 Å². The molecule has 1 aliphatic heterocycles. The number of hydrogen-bond donors (Lipinski definition) is 2. The Balaban J connectivity index is 1.72. The van der Waals surface area contributed by atoms with Crippen molar-refractivity contribution in [3.8, 4) is 5.69 Å². The van der Waals surface area contributed by atoms with Crippen LogP contribution in [0.4, 0.5) is 4.39 Å². The second-order valence-corrected chi connectivity index (χ2v) is 8.76. The maximum atomic E-state index is 14.3. The zero-order chi connectivity index (χ0) is 20.3. The van der Waals surface area contributed by atoms with Gasteiger partial charge in [-0.25, -0.2) is 17.5 Å². The van der Waals surface area contributed by atoms with Gasteiger partial charge in [-0.1, -0.05) is 11.6 Å². The van der Waals surface area contributed by atoms with Crippen LogP contribution < -0.4 is 10.3 Å². The molecule has 0 saturated carbocycles. The molecule has 2 aromatic rings. The topological polar surface area (TPSA) is 102 Å². The van der Waals surface area contributed by atoms with Crippen molar-refractivity contribution in [1.82, 2.24) is 20.0 Å². The van der Waals surface area contributed by atoms with E-state index in [1.165, 1.54) is 16.8 Å². The quantitative estimate of drug-likeness (QED) is 0.682. The number of nitrogens with one attached hydrogen (secondary N) is 2. The van der Waals surface area contributed by atoms with Crippen LogP contribution >= 0.6 is 11.6 Å². The summed E-state index contributed by atoms with van der Waals surface area (Å²) in [5.41, 5.74) is 2.74. The number of halogens is 2. The van der Waals surface area contributed by atoms with E-state index in [1.54, 1.807) is 19.2 Å².